The van der Waals surface area contributed by atoms with E-state index in [0.29, 0.717) is 17.9 Å². The number of hydrogen-bond acceptors (Lipinski definition) is 4. The van der Waals surface area contributed by atoms with Gasteiger partial charge in [0.25, 0.3) is 5.91 Å². The van der Waals surface area contributed by atoms with Gasteiger partial charge in [-0.15, -0.1) is 0 Å². The summed E-state index contributed by atoms with van der Waals surface area (Å²) in [7, 11) is 0. The van der Waals surface area contributed by atoms with Crippen LogP contribution in [0.2, 0.25) is 0 Å². The average molecular weight is 311 g/mol. The molecule has 5 nitrogen and oxygen atoms in total. The number of aliphatic carboxylic acids is 1. The molecule has 1 aromatic carbocycles. The molecule has 21 heavy (non-hydrogen) atoms. The molecule has 0 aliphatic rings. The number of carboxylic acid groups (broad SMARTS) is 1. The summed E-state index contributed by atoms with van der Waals surface area (Å²) >= 11 is 4.01. The Morgan fingerprint density at radius 1 is 1.33 bits per heavy atom. The smallest absolute Gasteiger partial charge is 0.326 e. The lowest BCUT2D eigenvalue weighted by Crippen LogP contribution is -2.43. The quantitative estimate of drug-likeness (QED) is 0.610. The van der Waals surface area contributed by atoms with Crippen LogP contribution in [0.5, 0.6) is 0 Å². The third-order valence-electron chi connectivity index (χ3n) is 2.86. The van der Waals surface area contributed by atoms with E-state index in [0.717, 1.165) is 6.42 Å². The molecule has 0 aliphatic heterocycles. The number of rotatable bonds is 9. The van der Waals surface area contributed by atoms with E-state index in [2.05, 4.69) is 17.9 Å². The average Bonchev–Trinajstić information content (AvgIpc) is 2.48. The minimum Gasteiger partial charge on any atom is -0.480 e. The lowest BCUT2D eigenvalue weighted by Gasteiger charge is -2.20. The number of amides is 1. The summed E-state index contributed by atoms with van der Waals surface area (Å²) < 4.78 is 5.57. The van der Waals surface area contributed by atoms with E-state index in [1.807, 2.05) is 25.1 Å². The highest BCUT2D eigenvalue weighted by Gasteiger charge is 2.26. The number of carbonyl (C=O) groups is 2. The lowest BCUT2D eigenvalue weighted by molar-refractivity contribution is -0.144. The molecule has 0 fully saturated rings. The van der Waals surface area contributed by atoms with E-state index in [1.54, 1.807) is 12.1 Å². The summed E-state index contributed by atoms with van der Waals surface area (Å²) in [4.78, 5) is 23.4. The minimum absolute atomic E-state index is 0.263. The largest absolute Gasteiger partial charge is 0.480 e. The van der Waals surface area contributed by atoms with Crippen molar-refractivity contribution in [1.29, 1.82) is 0 Å². The minimum atomic E-state index is -1.07. The van der Waals surface area contributed by atoms with Gasteiger partial charge in [-0.1, -0.05) is 37.3 Å². The molecule has 0 aliphatic carbocycles. The number of ether oxygens (including phenoxy) is 1. The highest BCUT2D eigenvalue weighted by molar-refractivity contribution is 7.80. The van der Waals surface area contributed by atoms with Crippen molar-refractivity contribution in [3.63, 3.8) is 0 Å². The SMILES string of the molecule is CCCOC(C(=O)N[C@@H](CCS)C(=O)O)c1ccccc1. The van der Waals surface area contributed by atoms with Crippen molar-refractivity contribution in [2.45, 2.75) is 31.9 Å². The topological polar surface area (TPSA) is 75.6 Å². The van der Waals surface area contributed by atoms with Crippen molar-refractivity contribution < 1.29 is 19.4 Å². The van der Waals surface area contributed by atoms with E-state index in [9.17, 15) is 9.59 Å². The standard InChI is InChI=1S/C15H21NO4S/c1-2-9-20-13(11-6-4-3-5-7-11)14(17)16-12(8-10-21)15(18)19/h3-7,12-13,21H,2,8-10H2,1H3,(H,16,17)(H,18,19)/t12-,13?/m0/s1. The van der Waals surface area contributed by atoms with Crippen LogP contribution in [0.25, 0.3) is 0 Å². The zero-order chi connectivity index (χ0) is 15.7. The molecule has 2 atom stereocenters. The van der Waals surface area contributed by atoms with Gasteiger partial charge in [-0.3, -0.25) is 4.79 Å². The summed E-state index contributed by atoms with van der Waals surface area (Å²) in [6.07, 6.45) is 0.239. The summed E-state index contributed by atoms with van der Waals surface area (Å²) in [6, 6.07) is 8.09. The molecule has 0 saturated heterocycles. The number of hydrogen-bond donors (Lipinski definition) is 3. The summed E-state index contributed by atoms with van der Waals surface area (Å²) in [5.41, 5.74) is 0.707. The number of carboxylic acids is 1. The first kappa shape index (κ1) is 17.5. The predicted molar refractivity (Wildman–Crippen MR) is 83.5 cm³/mol. The Hall–Kier alpha value is -1.53. The van der Waals surface area contributed by atoms with Crippen molar-refractivity contribution in [3.05, 3.63) is 35.9 Å². The molecule has 2 N–H and O–H groups in total. The number of benzene rings is 1. The Bertz CT molecular complexity index is 452. The highest BCUT2D eigenvalue weighted by Crippen LogP contribution is 2.18. The van der Waals surface area contributed by atoms with Crippen molar-refractivity contribution in [1.82, 2.24) is 5.32 Å². The zero-order valence-corrected chi connectivity index (χ0v) is 12.9. The lowest BCUT2D eigenvalue weighted by atomic mass is 10.1. The molecule has 0 aromatic heterocycles. The number of carbonyl (C=O) groups excluding carboxylic acids is 1. The first-order chi connectivity index (χ1) is 10.1. The maximum atomic E-state index is 12.3. The first-order valence-corrected chi connectivity index (χ1v) is 7.54. The number of nitrogens with one attached hydrogen (secondary N) is 1. The molecule has 0 spiro atoms. The van der Waals surface area contributed by atoms with Gasteiger partial charge < -0.3 is 15.2 Å². The van der Waals surface area contributed by atoms with Gasteiger partial charge in [0.05, 0.1) is 0 Å². The fourth-order valence-electron chi connectivity index (χ4n) is 1.82. The Morgan fingerprint density at radius 2 is 2.00 bits per heavy atom. The van der Waals surface area contributed by atoms with Crippen LogP contribution >= 0.6 is 12.6 Å². The Balaban J connectivity index is 2.82. The van der Waals surface area contributed by atoms with E-state index in [-0.39, 0.29) is 6.42 Å². The van der Waals surface area contributed by atoms with Gasteiger partial charge >= 0.3 is 5.97 Å². The van der Waals surface area contributed by atoms with Crippen molar-refractivity contribution >= 4 is 24.5 Å². The van der Waals surface area contributed by atoms with Crippen LogP contribution in [-0.4, -0.2) is 35.4 Å². The monoisotopic (exact) mass is 311 g/mol. The fraction of sp³-hybridized carbons (Fsp3) is 0.467. The molecule has 0 heterocycles. The molecule has 1 rings (SSSR count). The molecule has 116 valence electrons. The Kier molecular flexibility index (Phi) is 7.85. The molecule has 1 unspecified atom stereocenters. The van der Waals surface area contributed by atoms with Crippen LogP contribution in [0.4, 0.5) is 0 Å². The van der Waals surface area contributed by atoms with Crippen LogP contribution in [0.15, 0.2) is 30.3 Å². The zero-order valence-electron chi connectivity index (χ0n) is 12.0. The molecule has 6 heteroatoms. The number of thiol groups is 1. The van der Waals surface area contributed by atoms with Crippen LogP contribution < -0.4 is 5.32 Å². The van der Waals surface area contributed by atoms with Crippen molar-refractivity contribution in [3.8, 4) is 0 Å². The summed E-state index contributed by atoms with van der Waals surface area (Å²) in [5, 5.41) is 11.6. The van der Waals surface area contributed by atoms with E-state index >= 15 is 0 Å². The van der Waals surface area contributed by atoms with E-state index in [4.69, 9.17) is 9.84 Å². The maximum absolute atomic E-state index is 12.3. The van der Waals surface area contributed by atoms with Crippen LogP contribution in [-0.2, 0) is 14.3 Å². The molecule has 0 saturated carbocycles. The third kappa shape index (κ3) is 5.77. The van der Waals surface area contributed by atoms with E-state index < -0.39 is 24.0 Å². The van der Waals surface area contributed by atoms with Gasteiger partial charge in [-0.2, -0.15) is 12.6 Å². The fourth-order valence-corrected chi connectivity index (χ4v) is 2.08. The first-order valence-electron chi connectivity index (χ1n) is 6.90. The van der Waals surface area contributed by atoms with Gasteiger partial charge in [-0.05, 0) is 24.2 Å². The van der Waals surface area contributed by atoms with Gasteiger partial charge in [0.15, 0.2) is 6.10 Å². The predicted octanol–water partition coefficient (Wildman–Crippen LogP) is 2.04. The second-order valence-corrected chi connectivity index (χ2v) is 5.02. The second kappa shape index (κ2) is 9.41. The third-order valence-corrected chi connectivity index (χ3v) is 3.12. The van der Waals surface area contributed by atoms with Gasteiger partial charge in [-0.25, -0.2) is 4.79 Å². The molecule has 0 bridgehead atoms. The van der Waals surface area contributed by atoms with Crippen molar-refractivity contribution in [2.75, 3.05) is 12.4 Å². The van der Waals surface area contributed by atoms with Crippen LogP contribution in [0, 0.1) is 0 Å². The summed E-state index contributed by atoms with van der Waals surface area (Å²) in [6.45, 7) is 2.37. The van der Waals surface area contributed by atoms with Gasteiger partial charge in [0.1, 0.15) is 6.04 Å². The van der Waals surface area contributed by atoms with Crippen molar-refractivity contribution in [2.24, 2.45) is 0 Å². The molecule has 0 radical (unpaired) electrons. The van der Waals surface area contributed by atoms with Gasteiger partial charge in [0, 0.05) is 6.61 Å². The summed E-state index contributed by atoms with van der Waals surface area (Å²) in [5.74, 6) is -1.13. The molecular formula is C15H21NO4S. The maximum Gasteiger partial charge on any atom is 0.326 e. The van der Waals surface area contributed by atoms with Gasteiger partial charge in [0.2, 0.25) is 0 Å². The Labute approximate surface area is 130 Å². The normalized spacial score (nSPS) is 13.4. The van der Waals surface area contributed by atoms with E-state index in [1.165, 1.54) is 0 Å². The highest BCUT2D eigenvalue weighted by atomic mass is 32.1. The second-order valence-electron chi connectivity index (χ2n) is 4.57. The Morgan fingerprint density at radius 3 is 2.52 bits per heavy atom. The van der Waals surface area contributed by atoms with Crippen LogP contribution in [0.1, 0.15) is 31.4 Å². The molecule has 1 amide bonds. The molecule has 1 aromatic rings. The van der Waals surface area contributed by atoms with Crippen LogP contribution in [0.3, 0.4) is 0 Å². The molecular weight excluding hydrogens is 290 g/mol.